The second-order valence-corrected chi connectivity index (χ2v) is 3.96. The topological polar surface area (TPSA) is 47.6 Å². The molecule has 98 valence electrons. The van der Waals surface area contributed by atoms with E-state index in [2.05, 4.69) is 5.32 Å². The molecule has 0 heterocycles. The third kappa shape index (κ3) is 4.30. The highest BCUT2D eigenvalue weighted by Crippen LogP contribution is 2.27. The van der Waals surface area contributed by atoms with Crippen LogP contribution in [0.5, 0.6) is 5.75 Å². The second-order valence-electron chi connectivity index (χ2n) is 3.55. The Morgan fingerprint density at radius 3 is 2.78 bits per heavy atom. The van der Waals surface area contributed by atoms with Crippen LogP contribution in [0, 0.1) is 0 Å². The average Bonchev–Trinajstić information content (AvgIpc) is 2.29. The number of ether oxygens (including phenoxy) is 2. The fraction of sp³-hybridized carbons (Fsp3) is 0.308. The molecule has 1 N–H and O–H groups in total. The molecule has 0 spiro atoms. The Morgan fingerprint density at radius 1 is 1.50 bits per heavy atom. The van der Waals surface area contributed by atoms with Crippen molar-refractivity contribution in [3.8, 4) is 5.75 Å². The predicted molar refractivity (Wildman–Crippen MR) is 72.0 cm³/mol. The maximum atomic E-state index is 11.2. The van der Waals surface area contributed by atoms with E-state index in [1.165, 1.54) is 6.08 Å². The number of hydrogen-bond acceptors (Lipinski definition) is 4. The molecule has 0 bridgehead atoms. The zero-order chi connectivity index (χ0) is 13.5. The predicted octanol–water partition coefficient (Wildman–Crippen LogP) is 3.23. The van der Waals surface area contributed by atoms with E-state index < -0.39 is 0 Å². The molecule has 0 saturated carbocycles. The molecular formula is C13H16ClNO3. The van der Waals surface area contributed by atoms with Crippen molar-refractivity contribution in [2.75, 3.05) is 19.0 Å². The minimum absolute atomic E-state index is 0.358. The summed E-state index contributed by atoms with van der Waals surface area (Å²) in [6.07, 6.45) is 1.39. The van der Waals surface area contributed by atoms with Gasteiger partial charge in [-0.05, 0) is 32.0 Å². The van der Waals surface area contributed by atoms with Gasteiger partial charge in [-0.3, -0.25) is 0 Å². The summed E-state index contributed by atoms with van der Waals surface area (Å²) in [6.45, 7) is 3.89. The second kappa shape index (κ2) is 6.91. The standard InChI is InChI=1S/C13H16ClNO3/c1-4-18-13(16)7-9(2)15-10-5-6-12(17-3)11(14)8-10/h5-8,15H,4H2,1-3H3/b9-7-. The van der Waals surface area contributed by atoms with E-state index in [9.17, 15) is 4.79 Å². The number of hydrogen-bond donors (Lipinski definition) is 1. The van der Waals surface area contributed by atoms with E-state index in [1.54, 1.807) is 33.1 Å². The lowest BCUT2D eigenvalue weighted by atomic mass is 10.3. The largest absolute Gasteiger partial charge is 0.495 e. The van der Waals surface area contributed by atoms with Crippen molar-refractivity contribution in [3.05, 3.63) is 35.0 Å². The zero-order valence-electron chi connectivity index (χ0n) is 10.6. The van der Waals surface area contributed by atoms with E-state index >= 15 is 0 Å². The van der Waals surface area contributed by atoms with Crippen LogP contribution in [0.3, 0.4) is 0 Å². The smallest absolute Gasteiger partial charge is 0.332 e. The molecule has 1 aromatic rings. The van der Waals surface area contributed by atoms with Crippen LogP contribution in [-0.4, -0.2) is 19.7 Å². The quantitative estimate of drug-likeness (QED) is 0.659. The van der Waals surface area contributed by atoms with Crippen molar-refractivity contribution in [1.29, 1.82) is 0 Å². The number of anilines is 1. The highest BCUT2D eigenvalue weighted by atomic mass is 35.5. The third-order valence-corrected chi connectivity index (χ3v) is 2.41. The summed E-state index contributed by atoms with van der Waals surface area (Å²) in [5, 5.41) is 3.55. The van der Waals surface area contributed by atoms with Gasteiger partial charge >= 0.3 is 5.97 Å². The van der Waals surface area contributed by atoms with Crippen molar-refractivity contribution in [3.63, 3.8) is 0 Å². The molecule has 5 heteroatoms. The van der Waals surface area contributed by atoms with Gasteiger partial charge in [0.2, 0.25) is 0 Å². The molecule has 1 rings (SSSR count). The summed E-state index contributed by atoms with van der Waals surface area (Å²) >= 11 is 5.99. The molecule has 0 aliphatic carbocycles. The summed E-state index contributed by atoms with van der Waals surface area (Å²) in [7, 11) is 1.56. The minimum Gasteiger partial charge on any atom is -0.495 e. The van der Waals surface area contributed by atoms with Crippen molar-refractivity contribution in [2.45, 2.75) is 13.8 Å². The van der Waals surface area contributed by atoms with Crippen LogP contribution in [0.25, 0.3) is 0 Å². The molecule has 0 aliphatic heterocycles. The summed E-state index contributed by atoms with van der Waals surface area (Å²) < 4.78 is 9.86. The van der Waals surface area contributed by atoms with Crippen LogP contribution in [0.2, 0.25) is 5.02 Å². The van der Waals surface area contributed by atoms with Gasteiger partial charge in [-0.25, -0.2) is 4.79 Å². The van der Waals surface area contributed by atoms with Gasteiger partial charge in [0, 0.05) is 17.5 Å². The Morgan fingerprint density at radius 2 is 2.22 bits per heavy atom. The highest BCUT2D eigenvalue weighted by molar-refractivity contribution is 6.32. The van der Waals surface area contributed by atoms with Crippen LogP contribution in [0.1, 0.15) is 13.8 Å². The number of carbonyl (C=O) groups is 1. The molecule has 0 aliphatic rings. The fourth-order valence-electron chi connectivity index (χ4n) is 1.37. The van der Waals surface area contributed by atoms with Crippen molar-refractivity contribution in [1.82, 2.24) is 0 Å². The average molecular weight is 270 g/mol. The maximum Gasteiger partial charge on any atom is 0.332 e. The fourth-order valence-corrected chi connectivity index (χ4v) is 1.63. The van der Waals surface area contributed by atoms with Gasteiger partial charge in [0.1, 0.15) is 5.75 Å². The normalized spacial score (nSPS) is 11.0. The first-order valence-electron chi connectivity index (χ1n) is 5.52. The van der Waals surface area contributed by atoms with Crippen LogP contribution in [-0.2, 0) is 9.53 Å². The lowest BCUT2D eigenvalue weighted by Crippen LogP contribution is -2.04. The molecule has 18 heavy (non-hydrogen) atoms. The summed E-state index contributed by atoms with van der Waals surface area (Å²) in [6, 6.07) is 5.29. The van der Waals surface area contributed by atoms with E-state index in [0.29, 0.717) is 23.1 Å². The number of nitrogens with one attached hydrogen (secondary N) is 1. The van der Waals surface area contributed by atoms with E-state index in [0.717, 1.165) is 5.69 Å². The molecule has 0 atom stereocenters. The molecule has 0 amide bonds. The van der Waals surface area contributed by atoms with Gasteiger partial charge in [0.05, 0.1) is 18.7 Å². The van der Waals surface area contributed by atoms with E-state index in [4.69, 9.17) is 21.1 Å². The Bertz CT molecular complexity index is 458. The van der Waals surface area contributed by atoms with Crippen LogP contribution >= 0.6 is 11.6 Å². The molecular weight excluding hydrogens is 254 g/mol. The number of carbonyl (C=O) groups excluding carboxylic acids is 1. The monoisotopic (exact) mass is 269 g/mol. The number of rotatable bonds is 5. The minimum atomic E-state index is -0.373. The van der Waals surface area contributed by atoms with E-state index in [1.807, 2.05) is 6.07 Å². The van der Waals surface area contributed by atoms with Crippen LogP contribution in [0.4, 0.5) is 5.69 Å². The zero-order valence-corrected chi connectivity index (χ0v) is 11.4. The molecule has 0 aromatic heterocycles. The number of esters is 1. The summed E-state index contributed by atoms with van der Waals surface area (Å²) in [5.74, 6) is 0.233. The van der Waals surface area contributed by atoms with Gasteiger partial charge in [-0.2, -0.15) is 0 Å². The Hall–Kier alpha value is -1.68. The molecule has 4 nitrogen and oxygen atoms in total. The first kappa shape index (κ1) is 14.4. The van der Waals surface area contributed by atoms with Crippen LogP contribution < -0.4 is 10.1 Å². The lowest BCUT2D eigenvalue weighted by molar-refractivity contribution is -0.137. The maximum absolute atomic E-state index is 11.2. The number of halogens is 1. The number of allylic oxidation sites excluding steroid dienone is 1. The van der Waals surface area contributed by atoms with Gasteiger partial charge in [-0.1, -0.05) is 11.6 Å². The Kier molecular flexibility index (Phi) is 5.52. The van der Waals surface area contributed by atoms with Gasteiger partial charge in [-0.15, -0.1) is 0 Å². The number of methoxy groups -OCH3 is 1. The Labute approximate surface area is 112 Å². The van der Waals surface area contributed by atoms with Crippen molar-refractivity contribution in [2.24, 2.45) is 0 Å². The molecule has 0 unspecified atom stereocenters. The van der Waals surface area contributed by atoms with Gasteiger partial charge in [0.25, 0.3) is 0 Å². The first-order chi connectivity index (χ1) is 8.56. The summed E-state index contributed by atoms with van der Waals surface area (Å²) in [4.78, 5) is 11.2. The SMILES string of the molecule is CCOC(=O)/C=C(/C)Nc1ccc(OC)c(Cl)c1. The van der Waals surface area contributed by atoms with Gasteiger partial charge in [0.15, 0.2) is 0 Å². The highest BCUT2D eigenvalue weighted by Gasteiger charge is 2.03. The van der Waals surface area contributed by atoms with Gasteiger partial charge < -0.3 is 14.8 Å². The third-order valence-electron chi connectivity index (χ3n) is 2.11. The number of benzene rings is 1. The van der Waals surface area contributed by atoms with Crippen molar-refractivity contribution < 1.29 is 14.3 Å². The molecule has 0 radical (unpaired) electrons. The van der Waals surface area contributed by atoms with Crippen molar-refractivity contribution >= 4 is 23.3 Å². The van der Waals surface area contributed by atoms with Crippen LogP contribution in [0.15, 0.2) is 30.0 Å². The van der Waals surface area contributed by atoms with E-state index in [-0.39, 0.29) is 5.97 Å². The first-order valence-corrected chi connectivity index (χ1v) is 5.90. The molecule has 0 fully saturated rings. The summed E-state index contributed by atoms with van der Waals surface area (Å²) in [5.41, 5.74) is 1.45. The molecule has 1 aromatic carbocycles. The lowest BCUT2D eigenvalue weighted by Gasteiger charge is -2.09. The molecule has 0 saturated heterocycles. The Balaban J connectivity index is 2.73.